The van der Waals surface area contributed by atoms with Gasteiger partial charge >= 0.3 is 5.97 Å². The lowest BCUT2D eigenvalue weighted by molar-refractivity contribution is -0.137. The molecule has 0 aromatic carbocycles. The SMILES string of the molecule is CCOC(=O)/C=C/CCC[C@@H]1CCC(=O)N1. The van der Waals surface area contributed by atoms with Crippen LogP contribution in [0.1, 0.15) is 39.0 Å². The van der Waals surface area contributed by atoms with Crippen LogP contribution in [0, 0.1) is 0 Å². The van der Waals surface area contributed by atoms with E-state index in [1.807, 2.05) is 6.08 Å². The van der Waals surface area contributed by atoms with E-state index in [1.165, 1.54) is 6.08 Å². The molecule has 0 aromatic heterocycles. The Bertz CT molecular complexity index is 273. The lowest BCUT2D eigenvalue weighted by Gasteiger charge is -2.07. The fourth-order valence-electron chi connectivity index (χ4n) is 1.75. The third-order valence-corrected chi connectivity index (χ3v) is 2.55. The Balaban J connectivity index is 2.03. The first-order chi connectivity index (χ1) is 7.72. The van der Waals surface area contributed by atoms with Gasteiger partial charge in [0.15, 0.2) is 0 Å². The summed E-state index contributed by atoms with van der Waals surface area (Å²) in [6.07, 6.45) is 7.72. The molecule has 4 nitrogen and oxygen atoms in total. The van der Waals surface area contributed by atoms with Gasteiger partial charge in [-0.2, -0.15) is 0 Å². The smallest absolute Gasteiger partial charge is 0.330 e. The number of nitrogens with one attached hydrogen (secondary N) is 1. The van der Waals surface area contributed by atoms with E-state index in [9.17, 15) is 9.59 Å². The number of hydrogen-bond donors (Lipinski definition) is 1. The van der Waals surface area contributed by atoms with Crippen LogP contribution in [-0.2, 0) is 14.3 Å². The summed E-state index contributed by atoms with van der Waals surface area (Å²) >= 11 is 0. The second-order valence-electron chi connectivity index (χ2n) is 3.89. The fourth-order valence-corrected chi connectivity index (χ4v) is 1.75. The quantitative estimate of drug-likeness (QED) is 0.424. The monoisotopic (exact) mass is 225 g/mol. The van der Waals surface area contributed by atoms with Gasteiger partial charge in [-0.1, -0.05) is 6.08 Å². The van der Waals surface area contributed by atoms with E-state index >= 15 is 0 Å². The summed E-state index contributed by atoms with van der Waals surface area (Å²) in [6.45, 7) is 2.20. The van der Waals surface area contributed by atoms with Crippen molar-refractivity contribution < 1.29 is 14.3 Å². The average molecular weight is 225 g/mol. The van der Waals surface area contributed by atoms with E-state index < -0.39 is 0 Å². The van der Waals surface area contributed by atoms with Crippen molar-refractivity contribution in [3.05, 3.63) is 12.2 Å². The van der Waals surface area contributed by atoms with Gasteiger partial charge in [-0.15, -0.1) is 0 Å². The highest BCUT2D eigenvalue weighted by atomic mass is 16.5. The van der Waals surface area contributed by atoms with Gasteiger partial charge in [0.05, 0.1) is 6.61 Å². The second-order valence-corrected chi connectivity index (χ2v) is 3.89. The summed E-state index contributed by atoms with van der Waals surface area (Å²) in [4.78, 5) is 21.9. The highest BCUT2D eigenvalue weighted by Gasteiger charge is 2.19. The molecule has 1 aliphatic rings. The first kappa shape index (κ1) is 12.7. The van der Waals surface area contributed by atoms with E-state index in [0.29, 0.717) is 19.1 Å². The lowest BCUT2D eigenvalue weighted by atomic mass is 10.1. The van der Waals surface area contributed by atoms with Crippen molar-refractivity contribution in [1.29, 1.82) is 0 Å². The first-order valence-corrected chi connectivity index (χ1v) is 5.85. The third-order valence-electron chi connectivity index (χ3n) is 2.55. The van der Waals surface area contributed by atoms with Crippen LogP contribution >= 0.6 is 0 Å². The van der Waals surface area contributed by atoms with Crippen molar-refractivity contribution in [2.45, 2.75) is 45.1 Å². The largest absolute Gasteiger partial charge is 0.463 e. The topological polar surface area (TPSA) is 55.4 Å². The molecular weight excluding hydrogens is 206 g/mol. The highest BCUT2D eigenvalue weighted by molar-refractivity contribution is 5.81. The molecule has 0 spiro atoms. The molecule has 1 aliphatic heterocycles. The minimum absolute atomic E-state index is 0.159. The van der Waals surface area contributed by atoms with Crippen LogP contribution in [0.3, 0.4) is 0 Å². The van der Waals surface area contributed by atoms with Crippen LogP contribution in [0.5, 0.6) is 0 Å². The van der Waals surface area contributed by atoms with Crippen LogP contribution in [0.15, 0.2) is 12.2 Å². The normalized spacial score (nSPS) is 20.1. The number of hydrogen-bond acceptors (Lipinski definition) is 3. The minimum atomic E-state index is -0.281. The molecule has 0 radical (unpaired) electrons. The number of allylic oxidation sites excluding steroid dienone is 1. The zero-order valence-electron chi connectivity index (χ0n) is 9.70. The van der Waals surface area contributed by atoms with E-state index in [0.717, 1.165) is 25.7 Å². The van der Waals surface area contributed by atoms with Crippen molar-refractivity contribution in [2.24, 2.45) is 0 Å². The van der Waals surface area contributed by atoms with Crippen molar-refractivity contribution in [2.75, 3.05) is 6.61 Å². The molecule has 1 N–H and O–H groups in total. The molecule has 1 amide bonds. The molecule has 0 unspecified atom stereocenters. The van der Waals surface area contributed by atoms with Crippen molar-refractivity contribution in [3.63, 3.8) is 0 Å². The van der Waals surface area contributed by atoms with Gasteiger partial charge in [0.1, 0.15) is 0 Å². The van der Waals surface area contributed by atoms with Gasteiger partial charge in [0.2, 0.25) is 5.91 Å². The summed E-state index contributed by atoms with van der Waals surface area (Å²) in [5, 5.41) is 2.92. The van der Waals surface area contributed by atoms with Gasteiger partial charge < -0.3 is 10.1 Å². The van der Waals surface area contributed by atoms with Crippen LogP contribution < -0.4 is 5.32 Å². The molecule has 4 heteroatoms. The highest BCUT2D eigenvalue weighted by Crippen LogP contribution is 2.13. The van der Waals surface area contributed by atoms with Crippen LogP contribution in [0.25, 0.3) is 0 Å². The first-order valence-electron chi connectivity index (χ1n) is 5.85. The molecular formula is C12H19NO3. The van der Waals surface area contributed by atoms with Crippen LogP contribution in [0.4, 0.5) is 0 Å². The Morgan fingerprint density at radius 3 is 3.06 bits per heavy atom. The standard InChI is InChI=1S/C12H19NO3/c1-2-16-12(15)7-5-3-4-6-10-8-9-11(14)13-10/h5,7,10H,2-4,6,8-9H2,1H3,(H,13,14)/b7-5+/t10-/m1/s1. The maximum Gasteiger partial charge on any atom is 0.330 e. The van der Waals surface area contributed by atoms with Crippen molar-refractivity contribution in [1.82, 2.24) is 5.32 Å². The summed E-state index contributed by atoms with van der Waals surface area (Å²) in [6, 6.07) is 0.337. The molecule has 0 saturated carbocycles. The van der Waals surface area contributed by atoms with Gasteiger partial charge in [0.25, 0.3) is 0 Å². The Morgan fingerprint density at radius 2 is 2.44 bits per heavy atom. The zero-order valence-corrected chi connectivity index (χ0v) is 9.70. The summed E-state index contributed by atoms with van der Waals surface area (Å²) < 4.78 is 4.75. The molecule has 0 aliphatic carbocycles. The summed E-state index contributed by atoms with van der Waals surface area (Å²) in [5.41, 5.74) is 0. The number of amides is 1. The summed E-state index contributed by atoms with van der Waals surface area (Å²) in [5.74, 6) is -0.122. The van der Waals surface area contributed by atoms with E-state index in [-0.39, 0.29) is 11.9 Å². The van der Waals surface area contributed by atoms with Crippen molar-refractivity contribution >= 4 is 11.9 Å². The number of ether oxygens (including phenoxy) is 1. The van der Waals surface area contributed by atoms with Gasteiger partial charge in [0, 0.05) is 18.5 Å². The number of unbranched alkanes of at least 4 members (excludes halogenated alkanes) is 1. The van der Waals surface area contributed by atoms with E-state index in [4.69, 9.17) is 4.74 Å². The molecule has 16 heavy (non-hydrogen) atoms. The predicted octanol–water partition coefficient (Wildman–Crippen LogP) is 1.55. The Hall–Kier alpha value is -1.32. The molecule has 90 valence electrons. The zero-order chi connectivity index (χ0) is 11.8. The molecule has 1 saturated heterocycles. The molecule has 1 fully saturated rings. The third kappa shape index (κ3) is 4.96. The number of rotatable bonds is 6. The molecule has 0 aromatic rings. The Labute approximate surface area is 96.0 Å². The second kappa shape index (κ2) is 7.04. The van der Waals surface area contributed by atoms with Gasteiger partial charge in [-0.3, -0.25) is 4.79 Å². The number of carbonyl (C=O) groups is 2. The molecule has 1 rings (SSSR count). The molecule has 1 atom stereocenters. The van der Waals surface area contributed by atoms with Crippen molar-refractivity contribution in [3.8, 4) is 0 Å². The maximum atomic E-state index is 10.9. The minimum Gasteiger partial charge on any atom is -0.463 e. The number of carbonyl (C=O) groups excluding carboxylic acids is 2. The molecule has 1 heterocycles. The van der Waals surface area contributed by atoms with Crippen LogP contribution in [0.2, 0.25) is 0 Å². The van der Waals surface area contributed by atoms with Gasteiger partial charge in [-0.25, -0.2) is 4.79 Å². The fraction of sp³-hybridized carbons (Fsp3) is 0.667. The Kier molecular flexibility index (Phi) is 5.61. The van der Waals surface area contributed by atoms with E-state index in [2.05, 4.69) is 5.32 Å². The summed E-state index contributed by atoms with van der Waals surface area (Å²) in [7, 11) is 0. The van der Waals surface area contributed by atoms with E-state index in [1.54, 1.807) is 6.92 Å². The lowest BCUT2D eigenvalue weighted by Crippen LogP contribution is -2.24. The number of esters is 1. The average Bonchev–Trinajstić information content (AvgIpc) is 2.64. The Morgan fingerprint density at radius 1 is 1.62 bits per heavy atom. The van der Waals surface area contributed by atoms with Crippen LogP contribution in [-0.4, -0.2) is 24.5 Å². The molecule has 0 bridgehead atoms. The van der Waals surface area contributed by atoms with Gasteiger partial charge in [-0.05, 0) is 32.6 Å². The predicted molar refractivity (Wildman–Crippen MR) is 60.8 cm³/mol. The maximum absolute atomic E-state index is 10.9.